The highest BCUT2D eigenvalue weighted by Gasteiger charge is 2.15. The minimum absolute atomic E-state index is 0.149. The van der Waals surface area contributed by atoms with E-state index in [0.29, 0.717) is 5.16 Å². The van der Waals surface area contributed by atoms with Crippen molar-refractivity contribution in [3.05, 3.63) is 51.4 Å². The fourth-order valence-corrected chi connectivity index (χ4v) is 2.46. The fraction of sp³-hybridized carbons (Fsp3) is 0.154. The minimum atomic E-state index is -0.371. The summed E-state index contributed by atoms with van der Waals surface area (Å²) < 4.78 is 0.948. The zero-order valence-corrected chi connectivity index (χ0v) is 13.0. The van der Waals surface area contributed by atoms with E-state index >= 15 is 0 Å². The molecule has 0 spiro atoms. The number of benzene rings is 1. The van der Waals surface area contributed by atoms with Crippen molar-refractivity contribution in [3.63, 3.8) is 0 Å². The number of H-pyrrole nitrogens is 1. The fourth-order valence-electron chi connectivity index (χ4n) is 1.41. The quantitative estimate of drug-likeness (QED) is 0.654. The third kappa shape index (κ3) is 4.21. The van der Waals surface area contributed by atoms with Gasteiger partial charge in [0, 0.05) is 22.4 Å². The van der Waals surface area contributed by atoms with Crippen molar-refractivity contribution >= 4 is 39.3 Å². The summed E-state index contributed by atoms with van der Waals surface area (Å²) in [6.45, 7) is 1.76. The van der Waals surface area contributed by atoms with Gasteiger partial charge in [-0.05, 0) is 31.2 Å². The van der Waals surface area contributed by atoms with Crippen molar-refractivity contribution in [3.8, 4) is 0 Å². The molecule has 0 aliphatic heterocycles. The summed E-state index contributed by atoms with van der Waals surface area (Å²) in [6, 6.07) is 8.65. The Morgan fingerprint density at radius 3 is 2.70 bits per heavy atom. The lowest BCUT2D eigenvalue weighted by Crippen LogP contribution is -2.23. The van der Waals surface area contributed by atoms with Gasteiger partial charge in [-0.25, -0.2) is 4.98 Å². The van der Waals surface area contributed by atoms with Gasteiger partial charge in [-0.2, -0.15) is 0 Å². The Bertz CT molecular complexity index is 657. The van der Waals surface area contributed by atoms with E-state index in [1.807, 2.05) is 24.3 Å². The maximum Gasteiger partial charge on any atom is 0.251 e. The van der Waals surface area contributed by atoms with Gasteiger partial charge in [-0.3, -0.25) is 9.59 Å². The first-order valence-corrected chi connectivity index (χ1v) is 7.50. The van der Waals surface area contributed by atoms with Crippen LogP contribution in [0.2, 0.25) is 0 Å². The summed E-state index contributed by atoms with van der Waals surface area (Å²) >= 11 is 4.53. The van der Waals surface area contributed by atoms with Gasteiger partial charge in [0.05, 0.1) is 5.25 Å². The Morgan fingerprint density at radius 1 is 1.35 bits per heavy atom. The molecule has 0 bridgehead atoms. The lowest BCUT2D eigenvalue weighted by Gasteiger charge is -2.11. The molecule has 0 radical (unpaired) electrons. The van der Waals surface area contributed by atoms with Crippen molar-refractivity contribution in [1.82, 2.24) is 9.97 Å². The standard InChI is InChI=1S/C13H12BrN3O2S/c1-8(20-13-15-7-6-11(18)17-13)12(19)16-10-4-2-9(14)3-5-10/h2-8H,1H3,(H,16,19)(H,15,17,18)/t8-/m1/s1. The molecule has 5 nitrogen and oxygen atoms in total. The van der Waals surface area contributed by atoms with E-state index < -0.39 is 0 Å². The van der Waals surface area contributed by atoms with E-state index in [2.05, 4.69) is 31.2 Å². The molecule has 0 unspecified atom stereocenters. The minimum Gasteiger partial charge on any atom is -0.325 e. The van der Waals surface area contributed by atoms with Crippen LogP contribution in [0.4, 0.5) is 5.69 Å². The van der Waals surface area contributed by atoms with Crippen LogP contribution in [0, 0.1) is 0 Å². The van der Waals surface area contributed by atoms with Gasteiger partial charge >= 0.3 is 0 Å². The number of halogens is 1. The zero-order valence-electron chi connectivity index (χ0n) is 10.6. The van der Waals surface area contributed by atoms with Gasteiger partial charge in [-0.1, -0.05) is 27.7 Å². The second kappa shape index (κ2) is 6.71. The van der Waals surface area contributed by atoms with Crippen LogP contribution < -0.4 is 10.9 Å². The lowest BCUT2D eigenvalue weighted by molar-refractivity contribution is -0.115. The van der Waals surface area contributed by atoms with Crippen molar-refractivity contribution in [2.45, 2.75) is 17.3 Å². The van der Waals surface area contributed by atoms with Crippen LogP contribution in [0.5, 0.6) is 0 Å². The van der Waals surface area contributed by atoms with E-state index in [-0.39, 0.29) is 16.7 Å². The maximum atomic E-state index is 12.0. The van der Waals surface area contributed by atoms with E-state index in [0.717, 1.165) is 10.2 Å². The highest BCUT2D eigenvalue weighted by atomic mass is 79.9. The summed E-state index contributed by atoms with van der Waals surface area (Å²) in [5, 5.41) is 2.86. The first kappa shape index (κ1) is 14.8. The first-order chi connectivity index (χ1) is 9.54. The number of nitrogens with one attached hydrogen (secondary N) is 2. The average Bonchev–Trinajstić information content (AvgIpc) is 2.41. The predicted molar refractivity (Wildman–Crippen MR) is 82.9 cm³/mol. The topological polar surface area (TPSA) is 74.8 Å². The molecule has 20 heavy (non-hydrogen) atoms. The molecule has 7 heteroatoms. The van der Waals surface area contributed by atoms with Crippen molar-refractivity contribution in [1.29, 1.82) is 0 Å². The summed E-state index contributed by atoms with van der Waals surface area (Å²) in [5.41, 5.74) is 0.489. The highest BCUT2D eigenvalue weighted by molar-refractivity contribution is 9.10. The molecular formula is C13H12BrN3O2S. The number of aromatic nitrogens is 2. The predicted octanol–water partition coefficient (Wildman–Crippen LogP) is 2.65. The number of carbonyl (C=O) groups is 1. The van der Waals surface area contributed by atoms with Crippen LogP contribution in [0.15, 0.2) is 51.0 Å². The molecule has 1 heterocycles. The molecule has 2 rings (SSSR count). The monoisotopic (exact) mass is 353 g/mol. The Balaban J connectivity index is 1.98. The molecule has 0 aliphatic rings. The van der Waals surface area contributed by atoms with Crippen LogP contribution in [0.1, 0.15) is 6.92 Å². The van der Waals surface area contributed by atoms with Gasteiger partial charge in [0.25, 0.3) is 5.56 Å². The van der Waals surface area contributed by atoms with Crippen LogP contribution in [0.25, 0.3) is 0 Å². The lowest BCUT2D eigenvalue weighted by atomic mass is 10.3. The maximum absolute atomic E-state index is 12.0. The number of amides is 1. The van der Waals surface area contributed by atoms with Crippen molar-refractivity contribution in [2.75, 3.05) is 5.32 Å². The van der Waals surface area contributed by atoms with E-state index in [9.17, 15) is 9.59 Å². The normalized spacial score (nSPS) is 11.9. The summed E-state index contributed by atoms with van der Waals surface area (Å²) in [4.78, 5) is 29.8. The van der Waals surface area contributed by atoms with Crippen LogP contribution in [-0.4, -0.2) is 21.1 Å². The zero-order chi connectivity index (χ0) is 14.5. The van der Waals surface area contributed by atoms with E-state index in [1.165, 1.54) is 24.0 Å². The SMILES string of the molecule is C[C@@H](Sc1nccc(=O)[nH]1)C(=O)Nc1ccc(Br)cc1. The van der Waals surface area contributed by atoms with Crippen LogP contribution >= 0.6 is 27.7 Å². The molecule has 1 aromatic heterocycles. The van der Waals surface area contributed by atoms with Crippen LogP contribution in [-0.2, 0) is 4.79 Å². The first-order valence-electron chi connectivity index (χ1n) is 5.83. The third-order valence-corrected chi connectivity index (χ3v) is 3.94. The summed E-state index contributed by atoms with van der Waals surface area (Å²) in [5.74, 6) is -0.149. The number of rotatable bonds is 4. The third-order valence-electron chi connectivity index (χ3n) is 2.42. The Labute approximate surface area is 128 Å². The number of nitrogens with zero attached hydrogens (tertiary/aromatic N) is 1. The van der Waals surface area contributed by atoms with Gasteiger partial charge in [0.2, 0.25) is 5.91 Å². The molecule has 0 fully saturated rings. The van der Waals surface area contributed by atoms with Crippen molar-refractivity contribution in [2.24, 2.45) is 0 Å². The second-order valence-corrected chi connectivity index (χ2v) is 6.24. The highest BCUT2D eigenvalue weighted by Crippen LogP contribution is 2.20. The molecule has 2 aromatic rings. The van der Waals surface area contributed by atoms with Gasteiger partial charge in [0.15, 0.2) is 5.16 Å². The molecule has 0 saturated heterocycles. The number of thioether (sulfide) groups is 1. The molecule has 1 aromatic carbocycles. The smallest absolute Gasteiger partial charge is 0.251 e. The number of aromatic amines is 1. The summed E-state index contributed by atoms with van der Waals surface area (Å²) in [6.07, 6.45) is 1.42. The number of hydrogen-bond acceptors (Lipinski definition) is 4. The molecule has 104 valence electrons. The summed E-state index contributed by atoms with van der Waals surface area (Å²) in [7, 11) is 0. The number of carbonyl (C=O) groups excluding carboxylic acids is 1. The molecule has 1 amide bonds. The second-order valence-electron chi connectivity index (χ2n) is 4.00. The van der Waals surface area contributed by atoms with Gasteiger partial charge < -0.3 is 10.3 Å². The Kier molecular flexibility index (Phi) is 4.97. The van der Waals surface area contributed by atoms with Gasteiger partial charge in [0.1, 0.15) is 0 Å². The number of anilines is 1. The largest absolute Gasteiger partial charge is 0.325 e. The molecule has 0 aliphatic carbocycles. The Morgan fingerprint density at radius 2 is 2.05 bits per heavy atom. The average molecular weight is 354 g/mol. The molecule has 2 N–H and O–H groups in total. The van der Waals surface area contributed by atoms with E-state index in [4.69, 9.17) is 0 Å². The van der Waals surface area contributed by atoms with Crippen molar-refractivity contribution < 1.29 is 4.79 Å². The van der Waals surface area contributed by atoms with Crippen LogP contribution in [0.3, 0.4) is 0 Å². The van der Waals surface area contributed by atoms with Gasteiger partial charge in [-0.15, -0.1) is 0 Å². The van der Waals surface area contributed by atoms with E-state index in [1.54, 1.807) is 6.92 Å². The molecule has 1 atom stereocenters. The molecular weight excluding hydrogens is 342 g/mol. The molecule has 0 saturated carbocycles. The number of hydrogen-bond donors (Lipinski definition) is 2. The Hall–Kier alpha value is -1.60.